The highest BCUT2D eigenvalue weighted by Gasteiger charge is 2.52. The van der Waals surface area contributed by atoms with Gasteiger partial charge in [0.25, 0.3) is 5.91 Å². The Bertz CT molecular complexity index is 1450. The number of hydrogen-bond acceptors (Lipinski definition) is 6. The number of urea groups is 1. The molecule has 0 unspecified atom stereocenters. The van der Waals surface area contributed by atoms with Crippen LogP contribution in [0, 0.1) is 11.3 Å². The molecule has 256 valence electrons. The van der Waals surface area contributed by atoms with Crippen LogP contribution < -0.4 is 15.0 Å². The minimum Gasteiger partial charge on any atom is -0.460 e. The maximum absolute atomic E-state index is 14.2. The zero-order chi connectivity index (χ0) is 34.8. The molecular weight excluding hydrogens is 615 g/mol. The lowest BCUT2D eigenvalue weighted by Gasteiger charge is -2.53. The molecule has 12 heteroatoms. The smallest absolute Gasteiger partial charge is 0.460 e. The zero-order valence-corrected chi connectivity index (χ0v) is 27.8. The molecule has 1 saturated heterocycles. The molecule has 2 aliphatic rings. The largest absolute Gasteiger partial charge is 0.573 e. The molecule has 47 heavy (non-hydrogen) atoms. The molecule has 1 saturated carbocycles. The summed E-state index contributed by atoms with van der Waals surface area (Å²) in [7, 11) is 0. The van der Waals surface area contributed by atoms with Crippen LogP contribution in [0.2, 0.25) is 0 Å². The van der Waals surface area contributed by atoms with Gasteiger partial charge in [-0.05, 0) is 99.7 Å². The molecule has 0 aromatic heterocycles. The van der Waals surface area contributed by atoms with Gasteiger partial charge in [-0.25, -0.2) is 9.69 Å². The standard InChI is InChI=1S/C35H44F3N3O6/c1-32(2,3)25-15-18-34(19-16-25)21-28(42)41(26-11-13-27(14-12-26)46-35(36,37)38)31(45)40(34)22-23-7-9-24(10-8-23)30(44)39-20-17-29(43)47-33(4,5)6/h7-14,25H,15-22H2,1-6H3,(H,39,44). The van der Waals surface area contributed by atoms with Crippen LogP contribution in [0.15, 0.2) is 48.5 Å². The summed E-state index contributed by atoms with van der Waals surface area (Å²) in [5, 5.41) is 2.71. The fourth-order valence-electron chi connectivity index (χ4n) is 6.36. The number of nitrogens with zero attached hydrogens (tertiary/aromatic N) is 2. The predicted octanol–water partition coefficient (Wildman–Crippen LogP) is 7.38. The van der Waals surface area contributed by atoms with Gasteiger partial charge in [-0.1, -0.05) is 32.9 Å². The van der Waals surface area contributed by atoms with Gasteiger partial charge >= 0.3 is 18.4 Å². The molecular formula is C35H44F3N3O6. The van der Waals surface area contributed by atoms with Gasteiger partial charge in [-0.3, -0.25) is 14.4 Å². The number of amides is 4. The zero-order valence-electron chi connectivity index (χ0n) is 27.8. The summed E-state index contributed by atoms with van der Waals surface area (Å²) in [5.74, 6) is -1.22. The number of anilines is 1. The number of alkyl halides is 3. The maximum atomic E-state index is 14.2. The summed E-state index contributed by atoms with van der Waals surface area (Å²) in [5.41, 5.74) is 0.00729. The van der Waals surface area contributed by atoms with Crippen molar-refractivity contribution in [3.63, 3.8) is 0 Å². The van der Waals surface area contributed by atoms with Crippen LogP contribution in [-0.2, 0) is 20.9 Å². The Morgan fingerprint density at radius 1 is 0.915 bits per heavy atom. The van der Waals surface area contributed by atoms with E-state index in [1.807, 2.05) is 0 Å². The number of carbonyl (C=O) groups excluding carboxylic acids is 4. The number of ether oxygens (including phenoxy) is 2. The Hall–Kier alpha value is -4.09. The quantitative estimate of drug-likeness (QED) is 0.297. The van der Waals surface area contributed by atoms with E-state index in [9.17, 15) is 32.3 Å². The van der Waals surface area contributed by atoms with Crippen LogP contribution in [-0.4, -0.2) is 52.8 Å². The highest BCUT2D eigenvalue weighted by molar-refractivity contribution is 6.16. The van der Waals surface area contributed by atoms with Gasteiger partial charge < -0.3 is 19.7 Å². The van der Waals surface area contributed by atoms with Crippen LogP contribution in [0.1, 0.15) is 96.0 Å². The second-order valence-electron chi connectivity index (χ2n) is 14.5. The second kappa shape index (κ2) is 13.6. The highest BCUT2D eigenvalue weighted by atomic mass is 19.4. The molecule has 2 aromatic carbocycles. The number of halogens is 3. The van der Waals surface area contributed by atoms with Crippen molar-refractivity contribution in [2.45, 2.75) is 104 Å². The molecule has 2 aromatic rings. The lowest BCUT2D eigenvalue weighted by molar-refractivity contribution is -0.274. The lowest BCUT2D eigenvalue weighted by Crippen LogP contribution is -2.64. The molecule has 9 nitrogen and oxygen atoms in total. The van der Waals surface area contributed by atoms with E-state index < -0.39 is 41.2 Å². The number of benzene rings is 2. The van der Waals surface area contributed by atoms with Crippen molar-refractivity contribution < 1.29 is 41.8 Å². The molecule has 2 fully saturated rings. The molecule has 0 bridgehead atoms. The second-order valence-corrected chi connectivity index (χ2v) is 14.5. The van der Waals surface area contributed by atoms with E-state index in [4.69, 9.17) is 4.74 Å². The topological polar surface area (TPSA) is 105 Å². The Labute approximate surface area is 273 Å². The van der Waals surface area contributed by atoms with E-state index in [1.165, 1.54) is 12.1 Å². The minimum atomic E-state index is -4.87. The monoisotopic (exact) mass is 659 g/mol. The summed E-state index contributed by atoms with van der Waals surface area (Å²) < 4.78 is 47.3. The normalized spacial score (nSPS) is 20.7. The van der Waals surface area contributed by atoms with Gasteiger partial charge in [-0.2, -0.15) is 0 Å². The fraction of sp³-hybridized carbons (Fsp3) is 0.543. The molecule has 1 N–H and O–H groups in total. The summed E-state index contributed by atoms with van der Waals surface area (Å²) >= 11 is 0. The molecule has 1 aliphatic carbocycles. The first-order valence-corrected chi connectivity index (χ1v) is 15.9. The van der Waals surface area contributed by atoms with Gasteiger partial charge in [-0.15, -0.1) is 13.2 Å². The minimum absolute atomic E-state index is 0.0314. The van der Waals surface area contributed by atoms with Gasteiger partial charge in [0, 0.05) is 18.7 Å². The Morgan fingerprint density at radius 2 is 1.51 bits per heavy atom. The van der Waals surface area contributed by atoms with E-state index in [-0.39, 0.29) is 42.9 Å². The van der Waals surface area contributed by atoms with Gasteiger partial charge in [0.15, 0.2) is 0 Å². The highest BCUT2D eigenvalue weighted by Crippen LogP contribution is 2.48. The molecule has 1 aliphatic heterocycles. The molecule has 0 atom stereocenters. The van der Waals surface area contributed by atoms with Crippen molar-refractivity contribution in [2.75, 3.05) is 11.4 Å². The summed E-state index contributed by atoms with van der Waals surface area (Å²) in [6, 6.07) is 10.9. The summed E-state index contributed by atoms with van der Waals surface area (Å²) in [6.07, 6.45) is -1.81. The third-order valence-electron chi connectivity index (χ3n) is 8.79. The van der Waals surface area contributed by atoms with Crippen molar-refractivity contribution in [3.8, 4) is 5.75 Å². The molecule has 1 spiro atoms. The van der Waals surface area contributed by atoms with Gasteiger partial charge in [0.05, 0.1) is 24.1 Å². The summed E-state index contributed by atoms with van der Waals surface area (Å²) in [4.78, 5) is 55.1. The average molecular weight is 660 g/mol. The first-order chi connectivity index (χ1) is 21.8. The maximum Gasteiger partial charge on any atom is 0.573 e. The third kappa shape index (κ3) is 9.26. The van der Waals surface area contributed by atoms with Gasteiger partial charge in [0.1, 0.15) is 11.4 Å². The number of rotatable bonds is 8. The lowest BCUT2D eigenvalue weighted by atomic mass is 9.65. The Balaban J connectivity index is 1.52. The SMILES string of the molecule is CC(C)(C)OC(=O)CCNC(=O)c1ccc(CN2C(=O)N(c3ccc(OC(F)(F)F)cc3)C(=O)CC23CCC(C(C)(C)C)CC3)cc1. The molecule has 4 rings (SSSR count). The Kier molecular flexibility index (Phi) is 10.3. The van der Waals surface area contributed by atoms with E-state index in [1.54, 1.807) is 49.9 Å². The van der Waals surface area contributed by atoms with Crippen LogP contribution in [0.5, 0.6) is 5.75 Å². The third-order valence-corrected chi connectivity index (χ3v) is 8.79. The number of imide groups is 1. The fourth-order valence-corrected chi connectivity index (χ4v) is 6.36. The first-order valence-electron chi connectivity index (χ1n) is 15.9. The van der Waals surface area contributed by atoms with Crippen LogP contribution in [0.25, 0.3) is 0 Å². The first kappa shape index (κ1) is 35.8. The number of nitrogens with one attached hydrogen (secondary N) is 1. The van der Waals surface area contributed by atoms with E-state index in [2.05, 4.69) is 30.8 Å². The predicted molar refractivity (Wildman–Crippen MR) is 170 cm³/mol. The van der Waals surface area contributed by atoms with Crippen molar-refractivity contribution in [2.24, 2.45) is 11.3 Å². The van der Waals surface area contributed by atoms with Crippen LogP contribution in [0.4, 0.5) is 23.7 Å². The van der Waals surface area contributed by atoms with Crippen LogP contribution in [0.3, 0.4) is 0 Å². The molecule has 1 heterocycles. The summed E-state index contributed by atoms with van der Waals surface area (Å²) in [6.45, 7) is 12.2. The van der Waals surface area contributed by atoms with Crippen LogP contribution >= 0.6 is 0 Å². The van der Waals surface area contributed by atoms with Gasteiger partial charge in [0.2, 0.25) is 5.91 Å². The van der Waals surface area contributed by atoms with Crippen molar-refractivity contribution in [1.29, 1.82) is 0 Å². The van der Waals surface area contributed by atoms with E-state index in [0.717, 1.165) is 35.4 Å². The Morgan fingerprint density at radius 3 is 2.04 bits per heavy atom. The average Bonchev–Trinajstić information content (AvgIpc) is 2.94. The van der Waals surface area contributed by atoms with E-state index in [0.29, 0.717) is 24.3 Å². The van der Waals surface area contributed by atoms with Crippen molar-refractivity contribution >= 4 is 29.5 Å². The van der Waals surface area contributed by atoms with Crippen molar-refractivity contribution in [1.82, 2.24) is 10.2 Å². The molecule has 0 radical (unpaired) electrons. The number of hydrogen-bond donors (Lipinski definition) is 1. The van der Waals surface area contributed by atoms with Crippen molar-refractivity contribution in [3.05, 3.63) is 59.7 Å². The number of carbonyl (C=O) groups is 4. The molecule has 4 amide bonds. The number of esters is 1. The van der Waals surface area contributed by atoms with E-state index >= 15 is 0 Å².